The van der Waals surface area contributed by atoms with Gasteiger partial charge in [-0.1, -0.05) is 46.0 Å². The lowest BCUT2D eigenvalue weighted by molar-refractivity contribution is 0.154. The molecule has 0 amide bonds. The van der Waals surface area contributed by atoms with Crippen molar-refractivity contribution in [3.8, 4) is 12.3 Å². The Morgan fingerprint density at radius 3 is 2.09 bits per heavy atom. The second-order valence-corrected chi connectivity index (χ2v) is 9.50. The standard InChI is InChI=1S/C23H38/c1-4-19-10-12-21-16-23(14-18(3)13-22(21)15-19)20-8-6-5-7-17(2)9-11-20/h1,17-23H,5-16H2,2-3H3. The van der Waals surface area contributed by atoms with Crippen molar-refractivity contribution in [1.82, 2.24) is 0 Å². The highest BCUT2D eigenvalue weighted by molar-refractivity contribution is 4.99. The summed E-state index contributed by atoms with van der Waals surface area (Å²) in [5, 5.41) is 0. The van der Waals surface area contributed by atoms with Gasteiger partial charge >= 0.3 is 0 Å². The molecule has 0 heteroatoms. The van der Waals surface area contributed by atoms with Gasteiger partial charge in [0.1, 0.15) is 0 Å². The molecule has 7 unspecified atom stereocenters. The van der Waals surface area contributed by atoms with Crippen LogP contribution in [0.25, 0.3) is 0 Å². The molecule has 7 atom stereocenters. The Balaban J connectivity index is 1.65. The summed E-state index contributed by atoms with van der Waals surface area (Å²) in [6.07, 6.45) is 23.3. The van der Waals surface area contributed by atoms with E-state index in [2.05, 4.69) is 19.8 Å². The summed E-state index contributed by atoms with van der Waals surface area (Å²) in [5.41, 5.74) is 0. The average Bonchev–Trinajstić information content (AvgIpc) is 2.68. The Bertz CT molecular complexity index is 403. The molecule has 0 radical (unpaired) electrons. The van der Waals surface area contributed by atoms with E-state index in [9.17, 15) is 0 Å². The third kappa shape index (κ3) is 4.55. The zero-order valence-corrected chi connectivity index (χ0v) is 15.6. The van der Waals surface area contributed by atoms with Crippen LogP contribution < -0.4 is 0 Å². The third-order valence-corrected chi connectivity index (χ3v) is 7.61. The van der Waals surface area contributed by atoms with Gasteiger partial charge in [0.15, 0.2) is 0 Å². The van der Waals surface area contributed by atoms with E-state index in [0.717, 1.165) is 35.5 Å². The van der Waals surface area contributed by atoms with E-state index in [1.807, 2.05) is 0 Å². The zero-order valence-electron chi connectivity index (χ0n) is 15.6. The molecule has 3 fully saturated rings. The van der Waals surface area contributed by atoms with E-state index in [4.69, 9.17) is 6.42 Å². The summed E-state index contributed by atoms with van der Waals surface area (Å²) in [7, 11) is 0. The van der Waals surface area contributed by atoms with Gasteiger partial charge < -0.3 is 0 Å². The van der Waals surface area contributed by atoms with Crippen LogP contribution in [0.3, 0.4) is 0 Å². The zero-order chi connectivity index (χ0) is 16.2. The molecule has 0 N–H and O–H groups in total. The molecule has 0 heterocycles. The predicted octanol–water partition coefficient (Wildman–Crippen LogP) is 6.69. The van der Waals surface area contributed by atoms with Crippen molar-refractivity contribution in [2.45, 2.75) is 90.9 Å². The van der Waals surface area contributed by atoms with Gasteiger partial charge in [-0.3, -0.25) is 0 Å². The van der Waals surface area contributed by atoms with Gasteiger partial charge in [0, 0.05) is 5.92 Å². The molecule has 0 spiro atoms. The average molecular weight is 315 g/mol. The lowest BCUT2D eigenvalue weighted by Gasteiger charge is -2.36. The molecular formula is C23H38. The van der Waals surface area contributed by atoms with Crippen LogP contribution in [0.4, 0.5) is 0 Å². The van der Waals surface area contributed by atoms with Gasteiger partial charge in [0.2, 0.25) is 0 Å². The number of rotatable bonds is 1. The first-order valence-corrected chi connectivity index (χ1v) is 10.6. The minimum absolute atomic E-state index is 0.585. The molecule has 3 rings (SSSR count). The summed E-state index contributed by atoms with van der Waals surface area (Å²) < 4.78 is 0. The van der Waals surface area contributed by atoms with Crippen molar-refractivity contribution in [2.75, 3.05) is 0 Å². The maximum Gasteiger partial charge on any atom is 0.0203 e. The van der Waals surface area contributed by atoms with E-state index >= 15 is 0 Å². The van der Waals surface area contributed by atoms with E-state index in [1.54, 1.807) is 0 Å². The molecule has 0 aliphatic heterocycles. The van der Waals surface area contributed by atoms with Gasteiger partial charge in [0.05, 0.1) is 0 Å². The highest BCUT2D eigenvalue weighted by Crippen LogP contribution is 2.48. The van der Waals surface area contributed by atoms with E-state index in [0.29, 0.717) is 5.92 Å². The molecule has 0 aromatic rings. The molecular weight excluding hydrogens is 276 g/mol. The van der Waals surface area contributed by atoms with Crippen LogP contribution >= 0.6 is 0 Å². The molecule has 0 bridgehead atoms. The van der Waals surface area contributed by atoms with Gasteiger partial charge in [-0.25, -0.2) is 0 Å². The summed E-state index contributed by atoms with van der Waals surface area (Å²) in [4.78, 5) is 0. The van der Waals surface area contributed by atoms with Crippen LogP contribution in [-0.2, 0) is 0 Å². The minimum atomic E-state index is 0.585. The second kappa shape index (κ2) is 8.09. The Morgan fingerprint density at radius 2 is 1.30 bits per heavy atom. The van der Waals surface area contributed by atoms with Crippen molar-refractivity contribution in [2.24, 2.45) is 41.4 Å². The van der Waals surface area contributed by atoms with Gasteiger partial charge in [-0.05, 0) is 80.5 Å². The molecule has 0 aromatic carbocycles. The number of fused-ring (bicyclic) bond motifs is 1. The van der Waals surface area contributed by atoms with Crippen LogP contribution in [-0.4, -0.2) is 0 Å². The second-order valence-electron chi connectivity index (χ2n) is 9.50. The Morgan fingerprint density at radius 1 is 0.609 bits per heavy atom. The Hall–Kier alpha value is -0.440. The minimum Gasteiger partial charge on any atom is -0.120 e. The number of terminal acetylenes is 1. The first-order valence-electron chi connectivity index (χ1n) is 10.6. The normalized spacial score (nSPS) is 45.9. The maximum absolute atomic E-state index is 5.74. The van der Waals surface area contributed by atoms with Crippen molar-refractivity contribution in [3.63, 3.8) is 0 Å². The first-order chi connectivity index (χ1) is 11.2. The van der Waals surface area contributed by atoms with E-state index in [1.165, 1.54) is 77.0 Å². The fourth-order valence-electron chi connectivity index (χ4n) is 6.23. The molecule has 3 saturated carbocycles. The lowest BCUT2D eigenvalue weighted by atomic mass is 9.69. The van der Waals surface area contributed by atoms with Crippen LogP contribution in [0.15, 0.2) is 0 Å². The summed E-state index contributed by atoms with van der Waals surface area (Å²) >= 11 is 0. The molecule has 0 saturated heterocycles. The predicted molar refractivity (Wildman–Crippen MR) is 100 cm³/mol. The Labute approximate surface area is 145 Å². The fraction of sp³-hybridized carbons (Fsp3) is 0.913. The van der Waals surface area contributed by atoms with Crippen LogP contribution in [0.5, 0.6) is 0 Å². The molecule has 3 aliphatic rings. The van der Waals surface area contributed by atoms with Crippen molar-refractivity contribution < 1.29 is 0 Å². The molecule has 0 nitrogen and oxygen atoms in total. The van der Waals surface area contributed by atoms with Gasteiger partial charge in [0.25, 0.3) is 0 Å². The largest absolute Gasteiger partial charge is 0.120 e. The quantitative estimate of drug-likeness (QED) is 0.473. The van der Waals surface area contributed by atoms with Crippen molar-refractivity contribution in [1.29, 1.82) is 0 Å². The maximum atomic E-state index is 5.74. The monoisotopic (exact) mass is 314 g/mol. The topological polar surface area (TPSA) is 0 Å². The van der Waals surface area contributed by atoms with Crippen LogP contribution in [0, 0.1) is 53.8 Å². The lowest BCUT2D eigenvalue weighted by Crippen LogP contribution is -2.26. The SMILES string of the molecule is C#CC1CCC2CC(C3CCCCC(C)CC3)CC(C)CC2C1. The van der Waals surface area contributed by atoms with Gasteiger partial charge in [-0.2, -0.15) is 0 Å². The first kappa shape index (κ1) is 17.4. The Kier molecular flexibility index (Phi) is 6.12. The van der Waals surface area contributed by atoms with E-state index < -0.39 is 0 Å². The third-order valence-electron chi connectivity index (χ3n) is 7.61. The summed E-state index contributed by atoms with van der Waals surface area (Å²) in [6, 6.07) is 0. The molecule has 3 aliphatic carbocycles. The molecule has 0 aromatic heterocycles. The summed E-state index contributed by atoms with van der Waals surface area (Å²) in [5.74, 6) is 9.54. The van der Waals surface area contributed by atoms with Crippen LogP contribution in [0.1, 0.15) is 90.9 Å². The van der Waals surface area contributed by atoms with Crippen molar-refractivity contribution >= 4 is 0 Å². The molecule has 23 heavy (non-hydrogen) atoms. The number of hydrogen-bond acceptors (Lipinski definition) is 0. The van der Waals surface area contributed by atoms with Crippen LogP contribution in [0.2, 0.25) is 0 Å². The van der Waals surface area contributed by atoms with Gasteiger partial charge in [-0.15, -0.1) is 12.3 Å². The fourth-order valence-corrected chi connectivity index (χ4v) is 6.23. The highest BCUT2D eigenvalue weighted by atomic mass is 14.4. The summed E-state index contributed by atoms with van der Waals surface area (Å²) in [6.45, 7) is 5.01. The smallest absolute Gasteiger partial charge is 0.0203 e. The van der Waals surface area contributed by atoms with Crippen molar-refractivity contribution in [3.05, 3.63) is 0 Å². The molecule has 130 valence electrons. The van der Waals surface area contributed by atoms with E-state index in [-0.39, 0.29) is 0 Å². The number of hydrogen-bond donors (Lipinski definition) is 0. The highest BCUT2D eigenvalue weighted by Gasteiger charge is 2.37.